The van der Waals surface area contributed by atoms with Gasteiger partial charge in [-0.2, -0.15) is 0 Å². The van der Waals surface area contributed by atoms with Gasteiger partial charge in [-0.15, -0.1) is 0 Å². The number of aliphatic carboxylic acids is 2. The Labute approximate surface area is 142 Å². The molecule has 0 radical (unpaired) electrons. The van der Waals surface area contributed by atoms with Crippen molar-refractivity contribution >= 4 is 49.7 Å². The first-order valence-corrected chi connectivity index (χ1v) is 2.24. The summed E-state index contributed by atoms with van der Waals surface area (Å²) in [7, 11) is 0. The van der Waals surface area contributed by atoms with Gasteiger partial charge in [0.15, 0.2) is 0 Å². The molecule has 0 rings (SSSR count). The van der Waals surface area contributed by atoms with E-state index in [2.05, 4.69) is 0 Å². The standard InChI is InChI=1S/C4H6O6.Ca.Na.4H2O/c5-1(3(7)8)2(6)4(9)10;;;;;;/h1-2,5-6H,(H,7,8)(H,9,10);;;4*1H2/q;+2;+1;;;;/p-2. The Morgan fingerprint density at radius 1 is 0.812 bits per heavy atom. The molecule has 90 valence electrons. The molecule has 0 saturated carbocycles. The van der Waals surface area contributed by atoms with Crippen LogP contribution in [0, 0.1) is 0 Å². The molecular formula is C4H12CaNaO10+. The summed E-state index contributed by atoms with van der Waals surface area (Å²) in [6.07, 6.45) is -4.88. The van der Waals surface area contributed by atoms with Gasteiger partial charge in [0.2, 0.25) is 0 Å². The molecule has 10 nitrogen and oxygen atoms in total. The average Bonchev–Trinajstić information content (AvgIpc) is 1.84. The number of carboxylic acid groups (broad SMARTS) is 2. The fraction of sp³-hybridized carbons (Fsp3) is 0.500. The number of carboxylic acids is 2. The third-order valence-electron chi connectivity index (χ3n) is 0.782. The second-order valence-corrected chi connectivity index (χ2v) is 1.53. The van der Waals surface area contributed by atoms with Crippen LogP contribution in [0.4, 0.5) is 0 Å². The van der Waals surface area contributed by atoms with Crippen LogP contribution < -0.4 is 39.8 Å². The van der Waals surface area contributed by atoms with E-state index in [0.717, 1.165) is 0 Å². The van der Waals surface area contributed by atoms with Crippen LogP contribution in [0.2, 0.25) is 0 Å². The van der Waals surface area contributed by atoms with Crippen LogP contribution >= 0.6 is 0 Å². The van der Waals surface area contributed by atoms with Crippen molar-refractivity contribution in [1.82, 2.24) is 0 Å². The number of aliphatic hydroxyl groups is 2. The Bertz CT molecular complexity index is 147. The number of aliphatic hydroxyl groups excluding tert-OH is 2. The van der Waals surface area contributed by atoms with Crippen molar-refractivity contribution in [3.63, 3.8) is 0 Å². The second-order valence-electron chi connectivity index (χ2n) is 1.53. The van der Waals surface area contributed by atoms with Gasteiger partial charge in [-0.1, -0.05) is 0 Å². The van der Waals surface area contributed by atoms with E-state index in [0.29, 0.717) is 0 Å². The molecule has 10 N–H and O–H groups in total. The topological polar surface area (TPSA) is 247 Å². The van der Waals surface area contributed by atoms with Crippen LogP contribution in [0.1, 0.15) is 0 Å². The van der Waals surface area contributed by atoms with E-state index in [1.165, 1.54) is 0 Å². The van der Waals surface area contributed by atoms with Gasteiger partial charge in [-0.25, -0.2) is 0 Å². The molecule has 0 heterocycles. The summed E-state index contributed by atoms with van der Waals surface area (Å²) >= 11 is 0. The summed E-state index contributed by atoms with van der Waals surface area (Å²) in [6, 6.07) is 0. The molecule has 0 bridgehead atoms. The van der Waals surface area contributed by atoms with Crippen LogP contribution in [0.25, 0.3) is 0 Å². The Balaban J connectivity index is -0.0000000270. The van der Waals surface area contributed by atoms with E-state index in [1.54, 1.807) is 0 Å². The molecule has 0 aromatic heterocycles. The summed E-state index contributed by atoms with van der Waals surface area (Å²) in [4.78, 5) is 19.3. The van der Waals surface area contributed by atoms with E-state index in [9.17, 15) is 19.8 Å². The van der Waals surface area contributed by atoms with Crippen LogP contribution in [-0.2, 0) is 9.59 Å². The molecule has 12 heteroatoms. The van der Waals surface area contributed by atoms with Gasteiger partial charge in [0.25, 0.3) is 0 Å². The Kier molecular flexibility index (Phi) is 57.9. The number of hydrogen-bond donors (Lipinski definition) is 2. The molecule has 0 aliphatic carbocycles. The zero-order valence-corrected chi connectivity index (χ0v) is 12.6. The van der Waals surface area contributed by atoms with Gasteiger partial charge in [-0.05, 0) is 0 Å². The molecule has 0 spiro atoms. The van der Waals surface area contributed by atoms with Gasteiger partial charge in [0, 0.05) is 0 Å². The van der Waals surface area contributed by atoms with Crippen molar-refractivity contribution < 1.29 is 81.5 Å². The first-order valence-electron chi connectivity index (χ1n) is 2.24. The normalized spacial score (nSPS) is 9.88. The molecule has 2 unspecified atom stereocenters. The minimum Gasteiger partial charge on any atom is -0.547 e. The van der Waals surface area contributed by atoms with Crippen LogP contribution in [-0.4, -0.2) is 94.0 Å². The zero-order chi connectivity index (χ0) is 8.31. The fourth-order valence-electron chi connectivity index (χ4n) is 0.258. The van der Waals surface area contributed by atoms with E-state index in [-0.39, 0.29) is 89.2 Å². The molecule has 0 aliphatic rings. The SMILES string of the molecule is O.O.O.O.O=C([O-])C(O)C(O)C(=O)[O-].[Ca+2].[Na+]. The molecule has 0 fully saturated rings. The maximum absolute atomic E-state index is 9.63. The summed E-state index contributed by atoms with van der Waals surface area (Å²) in [5, 5.41) is 35.7. The molecule has 0 saturated heterocycles. The van der Waals surface area contributed by atoms with Gasteiger partial charge in [0.1, 0.15) is 12.2 Å². The predicted molar refractivity (Wildman–Crippen MR) is 42.2 cm³/mol. The van der Waals surface area contributed by atoms with Crippen LogP contribution in [0.15, 0.2) is 0 Å². The largest absolute Gasteiger partial charge is 2.00 e. The first kappa shape index (κ1) is 43.5. The third kappa shape index (κ3) is 17.4. The first-order chi connectivity index (χ1) is 4.46. The number of carbonyl (C=O) groups excluding carboxylic acids is 2. The van der Waals surface area contributed by atoms with Crippen molar-refractivity contribution in [1.29, 1.82) is 0 Å². The number of carbonyl (C=O) groups is 2. The number of rotatable bonds is 3. The maximum Gasteiger partial charge on any atom is 2.00 e. The van der Waals surface area contributed by atoms with Crippen molar-refractivity contribution in [2.75, 3.05) is 0 Å². The van der Waals surface area contributed by atoms with Gasteiger partial charge >= 0.3 is 67.3 Å². The third-order valence-corrected chi connectivity index (χ3v) is 0.782. The van der Waals surface area contributed by atoms with Crippen LogP contribution in [0.3, 0.4) is 0 Å². The van der Waals surface area contributed by atoms with Crippen molar-refractivity contribution in [3.05, 3.63) is 0 Å². The smallest absolute Gasteiger partial charge is 0.547 e. The van der Waals surface area contributed by atoms with Gasteiger partial charge in [-0.3, -0.25) is 0 Å². The molecule has 0 aromatic carbocycles. The van der Waals surface area contributed by atoms with Crippen molar-refractivity contribution in [3.8, 4) is 0 Å². The van der Waals surface area contributed by atoms with E-state index >= 15 is 0 Å². The molecule has 0 amide bonds. The van der Waals surface area contributed by atoms with Gasteiger partial charge < -0.3 is 51.9 Å². The predicted octanol–water partition coefficient (Wildman–Crippen LogP) is -11.5. The summed E-state index contributed by atoms with van der Waals surface area (Å²) < 4.78 is 0. The quantitative estimate of drug-likeness (QED) is 0.475. The fourth-order valence-corrected chi connectivity index (χ4v) is 0.258. The average molecular weight is 283 g/mol. The van der Waals surface area contributed by atoms with E-state index in [4.69, 9.17) is 10.2 Å². The van der Waals surface area contributed by atoms with Crippen molar-refractivity contribution in [2.24, 2.45) is 0 Å². The Hall–Kier alpha value is 0.960. The zero-order valence-electron chi connectivity index (χ0n) is 8.39. The summed E-state index contributed by atoms with van der Waals surface area (Å²) in [6.45, 7) is 0. The summed E-state index contributed by atoms with van der Waals surface area (Å²) in [5.74, 6) is -4.12. The molecular weight excluding hydrogens is 271 g/mol. The number of hydrogen-bond acceptors (Lipinski definition) is 6. The van der Waals surface area contributed by atoms with E-state index in [1.807, 2.05) is 0 Å². The minimum atomic E-state index is -2.44. The molecule has 0 aromatic rings. The Morgan fingerprint density at radius 2 is 0.938 bits per heavy atom. The molecule has 16 heavy (non-hydrogen) atoms. The monoisotopic (exact) mass is 283 g/mol. The molecule has 0 aliphatic heterocycles. The second kappa shape index (κ2) is 21.3. The minimum absolute atomic E-state index is 0. The molecule has 2 atom stereocenters. The van der Waals surface area contributed by atoms with E-state index < -0.39 is 24.1 Å². The summed E-state index contributed by atoms with van der Waals surface area (Å²) in [5.41, 5.74) is 0. The maximum atomic E-state index is 9.63. The van der Waals surface area contributed by atoms with Gasteiger partial charge in [0.05, 0.1) is 11.9 Å². The van der Waals surface area contributed by atoms with Crippen molar-refractivity contribution in [2.45, 2.75) is 12.2 Å². The van der Waals surface area contributed by atoms with Crippen LogP contribution in [0.5, 0.6) is 0 Å². The Morgan fingerprint density at radius 3 is 1.00 bits per heavy atom.